The second kappa shape index (κ2) is 6.51. The van der Waals surface area contributed by atoms with E-state index in [9.17, 15) is 14.1 Å². The van der Waals surface area contributed by atoms with Gasteiger partial charge in [0.2, 0.25) is 15.4 Å². The van der Waals surface area contributed by atoms with Gasteiger partial charge in [-0.1, -0.05) is 11.3 Å². The number of hydrogen-bond donors (Lipinski definition) is 2. The van der Waals surface area contributed by atoms with Gasteiger partial charge in [-0.15, -0.1) is 10.2 Å². The summed E-state index contributed by atoms with van der Waals surface area (Å²) in [7, 11) is 4.44. The van der Waals surface area contributed by atoms with E-state index >= 15 is 0 Å². The van der Waals surface area contributed by atoms with Gasteiger partial charge < -0.3 is 14.9 Å². The lowest BCUT2D eigenvalue weighted by Crippen LogP contribution is -2.43. The van der Waals surface area contributed by atoms with E-state index in [0.717, 1.165) is 11.3 Å². The summed E-state index contributed by atoms with van der Waals surface area (Å²) in [5, 5.41) is 20.1. The fourth-order valence-corrected chi connectivity index (χ4v) is 3.50. The Kier molecular flexibility index (Phi) is 5.53. The normalized spacial score (nSPS) is 15.0. The van der Waals surface area contributed by atoms with Gasteiger partial charge in [0, 0.05) is 6.92 Å². The molecule has 0 aromatic carbocycles. The molecule has 1 aromatic heterocycles. The Hall–Kier alpha value is -0.900. The first-order chi connectivity index (χ1) is 8.67. The average Bonchev–Trinajstić information content (AvgIpc) is 2.61. The maximum atomic E-state index is 12.0. The number of aliphatic hydroxyl groups excluding tert-OH is 1. The molecule has 0 radical (unpaired) electrons. The highest BCUT2D eigenvalue weighted by molar-refractivity contribution is 7.87. The van der Waals surface area contributed by atoms with Crippen LogP contribution in [0.15, 0.2) is 4.34 Å². The van der Waals surface area contributed by atoms with Gasteiger partial charge in [0.1, 0.15) is 12.6 Å². The predicted molar refractivity (Wildman–Crippen MR) is 74.4 cm³/mol. The summed E-state index contributed by atoms with van der Waals surface area (Å²) in [6.45, 7) is 1.87. The number of nitrogens with zero attached hydrogens (tertiary/aromatic N) is 3. The van der Waals surface area contributed by atoms with Crippen LogP contribution in [0.4, 0.5) is 5.13 Å². The van der Waals surface area contributed by atoms with Crippen LogP contribution in [-0.4, -0.2) is 69.4 Å². The fourth-order valence-electron chi connectivity index (χ4n) is 1.43. The molecule has 1 aromatic rings. The van der Waals surface area contributed by atoms with Gasteiger partial charge in [-0.2, -0.15) is 0 Å². The SMILES string of the molecule is CC(=O)Nc1nnc(S(=O)CC(O)C[N+](C)(C)C)s1. The minimum absolute atomic E-state index is 0.115. The molecule has 1 amide bonds. The Balaban J connectivity index is 2.58. The zero-order valence-corrected chi connectivity index (χ0v) is 13.0. The van der Waals surface area contributed by atoms with Gasteiger partial charge in [-0.25, -0.2) is 0 Å². The lowest BCUT2D eigenvalue weighted by atomic mass is 10.3. The van der Waals surface area contributed by atoms with E-state index < -0.39 is 16.9 Å². The minimum Gasteiger partial charge on any atom is -0.386 e. The average molecular weight is 307 g/mol. The zero-order valence-electron chi connectivity index (χ0n) is 11.4. The molecule has 0 saturated heterocycles. The van der Waals surface area contributed by atoms with Crippen molar-refractivity contribution in [3.63, 3.8) is 0 Å². The maximum absolute atomic E-state index is 12.0. The van der Waals surface area contributed by atoms with Gasteiger partial charge in [0.05, 0.1) is 37.7 Å². The topological polar surface area (TPSA) is 92.2 Å². The molecule has 1 heterocycles. The number of carbonyl (C=O) groups excluding carboxylic acids is 1. The van der Waals surface area contributed by atoms with Crippen molar-refractivity contribution in [2.45, 2.75) is 17.4 Å². The first kappa shape index (κ1) is 16.2. The minimum atomic E-state index is -1.41. The molecule has 1 rings (SSSR count). The number of anilines is 1. The molecule has 108 valence electrons. The van der Waals surface area contributed by atoms with Crippen LogP contribution in [0.1, 0.15) is 6.92 Å². The van der Waals surface area contributed by atoms with Gasteiger partial charge in [0.25, 0.3) is 0 Å². The van der Waals surface area contributed by atoms with Crippen LogP contribution >= 0.6 is 11.3 Å². The first-order valence-corrected chi connectivity index (χ1v) is 7.79. The lowest BCUT2D eigenvalue weighted by molar-refractivity contribution is -0.873. The summed E-state index contributed by atoms with van der Waals surface area (Å²) >= 11 is 1.06. The van der Waals surface area contributed by atoms with Crippen LogP contribution in [0.3, 0.4) is 0 Å². The Morgan fingerprint density at radius 3 is 2.63 bits per heavy atom. The Morgan fingerprint density at radius 1 is 1.47 bits per heavy atom. The third-order valence-corrected chi connectivity index (χ3v) is 4.59. The van der Waals surface area contributed by atoms with Crippen LogP contribution in [0, 0.1) is 0 Å². The van der Waals surface area contributed by atoms with Crippen molar-refractivity contribution in [2.24, 2.45) is 0 Å². The van der Waals surface area contributed by atoms with Gasteiger partial charge in [-0.3, -0.25) is 9.00 Å². The number of aliphatic hydroxyl groups is 1. The number of aromatic nitrogens is 2. The third kappa shape index (κ3) is 6.19. The summed E-state index contributed by atoms with van der Waals surface area (Å²) in [6.07, 6.45) is -0.672. The number of carbonyl (C=O) groups is 1. The summed E-state index contributed by atoms with van der Waals surface area (Å²) in [5.41, 5.74) is 0. The summed E-state index contributed by atoms with van der Waals surface area (Å²) in [5.74, 6) is -0.136. The molecule has 0 saturated carbocycles. The number of amides is 1. The van der Waals surface area contributed by atoms with Crippen LogP contribution in [-0.2, 0) is 15.6 Å². The molecule has 2 atom stereocenters. The molecule has 2 N–H and O–H groups in total. The molecule has 0 bridgehead atoms. The molecule has 0 aliphatic carbocycles. The van der Waals surface area contributed by atoms with Crippen molar-refractivity contribution < 1.29 is 18.6 Å². The number of nitrogens with one attached hydrogen (secondary N) is 1. The van der Waals surface area contributed by atoms with E-state index in [1.54, 1.807) is 0 Å². The predicted octanol–water partition coefficient (Wildman–Crippen LogP) is -0.329. The van der Waals surface area contributed by atoms with Gasteiger partial charge in [-0.05, 0) is 0 Å². The van der Waals surface area contributed by atoms with E-state index in [1.807, 2.05) is 21.1 Å². The molecule has 9 heteroatoms. The summed E-state index contributed by atoms with van der Waals surface area (Å²) in [4.78, 5) is 10.8. The Bertz CT molecular complexity index is 470. The molecule has 0 aliphatic heterocycles. The lowest BCUT2D eigenvalue weighted by Gasteiger charge is -2.26. The van der Waals surface area contributed by atoms with Gasteiger partial charge in [0.15, 0.2) is 0 Å². The van der Waals surface area contributed by atoms with Crippen molar-refractivity contribution in [2.75, 3.05) is 38.8 Å². The molecule has 0 spiro atoms. The van der Waals surface area contributed by atoms with E-state index in [1.165, 1.54) is 6.92 Å². The number of hydrogen-bond acceptors (Lipinski definition) is 6. The maximum Gasteiger partial charge on any atom is 0.223 e. The molecule has 19 heavy (non-hydrogen) atoms. The Morgan fingerprint density at radius 2 is 2.11 bits per heavy atom. The molecular formula is C10H19N4O3S2+. The van der Waals surface area contributed by atoms with Crippen molar-refractivity contribution in [1.82, 2.24) is 10.2 Å². The highest BCUT2D eigenvalue weighted by atomic mass is 32.2. The quantitative estimate of drug-likeness (QED) is 0.555. The van der Waals surface area contributed by atoms with E-state index in [2.05, 4.69) is 15.5 Å². The number of quaternary nitrogens is 1. The monoisotopic (exact) mass is 307 g/mol. The fraction of sp³-hybridized carbons (Fsp3) is 0.700. The van der Waals surface area contributed by atoms with Crippen molar-refractivity contribution in [1.29, 1.82) is 0 Å². The highest BCUT2D eigenvalue weighted by Crippen LogP contribution is 2.19. The standard InChI is InChI=1S/C10H18N4O3S2/c1-7(15)11-9-12-13-10(18-9)19(17)6-8(16)5-14(2,3)4/h8,16H,5-6H2,1-4H3/p+1. The van der Waals surface area contributed by atoms with Crippen molar-refractivity contribution >= 4 is 33.2 Å². The van der Waals surface area contributed by atoms with Crippen LogP contribution in [0.2, 0.25) is 0 Å². The van der Waals surface area contributed by atoms with Gasteiger partial charge >= 0.3 is 0 Å². The number of likely N-dealkylation sites (N-methyl/N-ethyl adjacent to an activating group) is 1. The second-order valence-corrected chi connectivity index (χ2v) is 7.84. The molecular weight excluding hydrogens is 288 g/mol. The second-order valence-electron chi connectivity index (χ2n) is 5.19. The van der Waals surface area contributed by atoms with E-state index in [0.29, 0.717) is 20.5 Å². The summed E-state index contributed by atoms with van der Waals surface area (Å²) < 4.78 is 12.9. The molecule has 0 fully saturated rings. The molecule has 7 nitrogen and oxygen atoms in total. The first-order valence-electron chi connectivity index (χ1n) is 5.65. The van der Waals surface area contributed by atoms with E-state index in [4.69, 9.17) is 0 Å². The van der Waals surface area contributed by atoms with Crippen molar-refractivity contribution in [3.8, 4) is 0 Å². The van der Waals surface area contributed by atoms with Crippen LogP contribution < -0.4 is 5.32 Å². The van der Waals surface area contributed by atoms with Crippen molar-refractivity contribution in [3.05, 3.63) is 0 Å². The molecule has 2 unspecified atom stereocenters. The van der Waals surface area contributed by atoms with Crippen LogP contribution in [0.5, 0.6) is 0 Å². The Labute approximate surface area is 118 Å². The van der Waals surface area contributed by atoms with E-state index in [-0.39, 0.29) is 11.7 Å². The third-order valence-electron chi connectivity index (χ3n) is 1.99. The largest absolute Gasteiger partial charge is 0.386 e. The van der Waals surface area contributed by atoms with Crippen LogP contribution in [0.25, 0.3) is 0 Å². The summed E-state index contributed by atoms with van der Waals surface area (Å²) in [6, 6.07) is 0. The molecule has 0 aliphatic rings. The highest BCUT2D eigenvalue weighted by Gasteiger charge is 2.21. The smallest absolute Gasteiger partial charge is 0.223 e. The zero-order chi connectivity index (χ0) is 14.6. The number of rotatable bonds is 6.